The summed E-state index contributed by atoms with van der Waals surface area (Å²) < 4.78 is 6.23. The van der Waals surface area contributed by atoms with Crippen LogP contribution in [0.25, 0.3) is 0 Å². The molecule has 0 heterocycles. The number of ether oxygens (including phenoxy) is 1. The van der Waals surface area contributed by atoms with Crippen molar-refractivity contribution in [3.63, 3.8) is 0 Å². The fourth-order valence-electron chi connectivity index (χ4n) is 1.13. The first-order valence-corrected chi connectivity index (χ1v) is 4.78. The number of nitrogens with one attached hydrogen (secondary N) is 1. The molecule has 0 radical (unpaired) electrons. The molecule has 1 atom stereocenters. The quantitative estimate of drug-likeness (QED) is 0.632. The van der Waals surface area contributed by atoms with Gasteiger partial charge >= 0.3 is 0 Å². The molecule has 1 rings (SSSR count). The van der Waals surface area contributed by atoms with E-state index in [1.54, 1.807) is 7.11 Å². The van der Waals surface area contributed by atoms with Crippen molar-refractivity contribution in [2.75, 3.05) is 7.11 Å². The van der Waals surface area contributed by atoms with E-state index in [1.165, 1.54) is 0 Å². The van der Waals surface area contributed by atoms with E-state index in [0.717, 1.165) is 15.8 Å². The largest absolute Gasteiger partial charge is 0.496 e. The van der Waals surface area contributed by atoms with Crippen LogP contribution in [0.5, 0.6) is 5.75 Å². The Balaban J connectivity index is 3.07. The molecule has 1 aromatic rings. The van der Waals surface area contributed by atoms with Gasteiger partial charge in [0, 0.05) is 16.1 Å². The zero-order valence-electron chi connectivity index (χ0n) is 7.67. The van der Waals surface area contributed by atoms with E-state index >= 15 is 0 Å². The molecule has 0 aliphatic carbocycles. The van der Waals surface area contributed by atoms with E-state index in [-0.39, 0.29) is 6.04 Å². The standard InChI is InChI=1S/C9H13BrN2O/c1-6(12-11)8-5-7(10)3-4-9(8)13-2/h3-6,12H,11H2,1-2H3. The van der Waals surface area contributed by atoms with Crippen LogP contribution >= 0.6 is 15.9 Å². The van der Waals surface area contributed by atoms with Gasteiger partial charge in [0.1, 0.15) is 5.75 Å². The molecule has 0 fully saturated rings. The van der Waals surface area contributed by atoms with Crippen LogP contribution in [0.2, 0.25) is 0 Å². The number of rotatable bonds is 3. The Hall–Kier alpha value is -0.580. The van der Waals surface area contributed by atoms with Gasteiger partial charge in [-0.2, -0.15) is 0 Å². The Morgan fingerprint density at radius 1 is 1.54 bits per heavy atom. The van der Waals surface area contributed by atoms with E-state index in [2.05, 4.69) is 21.4 Å². The number of nitrogens with two attached hydrogens (primary N) is 1. The van der Waals surface area contributed by atoms with Crippen molar-refractivity contribution in [1.29, 1.82) is 0 Å². The van der Waals surface area contributed by atoms with Crippen LogP contribution < -0.4 is 16.0 Å². The number of hydrogen-bond acceptors (Lipinski definition) is 3. The Bertz CT molecular complexity index is 291. The second-order valence-corrected chi connectivity index (χ2v) is 3.69. The molecular formula is C9H13BrN2O. The zero-order chi connectivity index (χ0) is 9.84. The van der Waals surface area contributed by atoms with Crippen LogP contribution in [0.15, 0.2) is 22.7 Å². The monoisotopic (exact) mass is 244 g/mol. The maximum absolute atomic E-state index is 5.36. The summed E-state index contributed by atoms with van der Waals surface area (Å²) in [5.74, 6) is 6.20. The lowest BCUT2D eigenvalue weighted by Crippen LogP contribution is -2.25. The third-order valence-corrected chi connectivity index (χ3v) is 2.40. The highest BCUT2D eigenvalue weighted by atomic mass is 79.9. The minimum atomic E-state index is 0.0763. The highest BCUT2D eigenvalue weighted by Gasteiger charge is 2.09. The molecule has 1 unspecified atom stereocenters. The summed E-state index contributed by atoms with van der Waals surface area (Å²) in [7, 11) is 1.65. The minimum absolute atomic E-state index is 0.0763. The fourth-order valence-corrected chi connectivity index (χ4v) is 1.51. The van der Waals surface area contributed by atoms with Crippen molar-refractivity contribution in [3.05, 3.63) is 28.2 Å². The molecule has 0 saturated heterocycles. The molecule has 0 bridgehead atoms. The Morgan fingerprint density at radius 3 is 2.77 bits per heavy atom. The number of hydrazine groups is 1. The summed E-state index contributed by atoms with van der Waals surface area (Å²) in [4.78, 5) is 0. The van der Waals surface area contributed by atoms with Crippen LogP contribution in [0.3, 0.4) is 0 Å². The molecule has 1 aromatic carbocycles. The van der Waals surface area contributed by atoms with Crippen LogP contribution in [0.1, 0.15) is 18.5 Å². The second kappa shape index (κ2) is 4.60. The second-order valence-electron chi connectivity index (χ2n) is 2.77. The lowest BCUT2D eigenvalue weighted by molar-refractivity contribution is 0.402. The summed E-state index contributed by atoms with van der Waals surface area (Å²) in [5.41, 5.74) is 3.72. The van der Waals surface area contributed by atoms with Gasteiger partial charge in [0.25, 0.3) is 0 Å². The number of methoxy groups -OCH3 is 1. The van der Waals surface area contributed by atoms with Crippen LogP contribution in [-0.2, 0) is 0 Å². The molecule has 0 aromatic heterocycles. The van der Waals surface area contributed by atoms with Gasteiger partial charge in [0.2, 0.25) is 0 Å². The van der Waals surface area contributed by atoms with Gasteiger partial charge in [-0.25, -0.2) is 0 Å². The van der Waals surface area contributed by atoms with Crippen molar-refractivity contribution in [2.45, 2.75) is 13.0 Å². The van der Waals surface area contributed by atoms with Crippen molar-refractivity contribution in [2.24, 2.45) is 5.84 Å². The van der Waals surface area contributed by atoms with Crippen LogP contribution in [0, 0.1) is 0 Å². The smallest absolute Gasteiger partial charge is 0.123 e. The predicted octanol–water partition coefficient (Wildman–Crippen LogP) is 1.98. The first-order valence-electron chi connectivity index (χ1n) is 3.98. The highest BCUT2D eigenvalue weighted by Crippen LogP contribution is 2.27. The topological polar surface area (TPSA) is 47.3 Å². The predicted molar refractivity (Wildman–Crippen MR) is 56.4 cm³/mol. The summed E-state index contributed by atoms with van der Waals surface area (Å²) >= 11 is 3.40. The normalized spacial score (nSPS) is 12.6. The molecule has 0 spiro atoms. The molecule has 13 heavy (non-hydrogen) atoms. The van der Waals surface area contributed by atoms with Gasteiger partial charge < -0.3 is 4.74 Å². The Labute approximate surface area is 86.4 Å². The average molecular weight is 245 g/mol. The summed E-state index contributed by atoms with van der Waals surface area (Å²) in [6.45, 7) is 1.98. The maximum Gasteiger partial charge on any atom is 0.123 e. The van der Waals surface area contributed by atoms with E-state index < -0.39 is 0 Å². The molecule has 3 N–H and O–H groups in total. The zero-order valence-corrected chi connectivity index (χ0v) is 9.26. The van der Waals surface area contributed by atoms with Gasteiger partial charge in [-0.15, -0.1) is 0 Å². The maximum atomic E-state index is 5.36. The van der Waals surface area contributed by atoms with Crippen molar-refractivity contribution < 1.29 is 4.74 Å². The lowest BCUT2D eigenvalue weighted by Gasteiger charge is -2.14. The first kappa shape index (κ1) is 10.5. The Kier molecular flexibility index (Phi) is 3.71. The summed E-state index contributed by atoms with van der Waals surface area (Å²) in [6, 6.07) is 5.91. The van der Waals surface area contributed by atoms with Gasteiger partial charge in [-0.05, 0) is 25.1 Å². The third-order valence-electron chi connectivity index (χ3n) is 1.91. The average Bonchev–Trinajstić information content (AvgIpc) is 2.16. The molecule has 0 saturated carbocycles. The molecule has 72 valence electrons. The van der Waals surface area contributed by atoms with Gasteiger partial charge in [-0.3, -0.25) is 11.3 Å². The summed E-state index contributed by atoms with van der Waals surface area (Å²) in [6.07, 6.45) is 0. The number of benzene rings is 1. The molecule has 0 aliphatic heterocycles. The molecule has 4 heteroatoms. The lowest BCUT2D eigenvalue weighted by atomic mass is 10.1. The SMILES string of the molecule is COc1ccc(Br)cc1C(C)NN. The van der Waals surface area contributed by atoms with Crippen LogP contribution in [0.4, 0.5) is 0 Å². The molecule has 0 amide bonds. The number of halogens is 1. The Morgan fingerprint density at radius 2 is 2.23 bits per heavy atom. The van der Waals surface area contributed by atoms with Gasteiger partial charge in [0.15, 0.2) is 0 Å². The van der Waals surface area contributed by atoms with Crippen molar-refractivity contribution >= 4 is 15.9 Å². The van der Waals surface area contributed by atoms with Crippen LogP contribution in [-0.4, -0.2) is 7.11 Å². The van der Waals surface area contributed by atoms with E-state index in [0.29, 0.717) is 0 Å². The third kappa shape index (κ3) is 2.43. The number of hydrogen-bond donors (Lipinski definition) is 2. The van der Waals surface area contributed by atoms with E-state index in [1.807, 2.05) is 25.1 Å². The first-order chi connectivity index (χ1) is 6.19. The molecule has 3 nitrogen and oxygen atoms in total. The van der Waals surface area contributed by atoms with E-state index in [9.17, 15) is 0 Å². The minimum Gasteiger partial charge on any atom is -0.496 e. The fraction of sp³-hybridized carbons (Fsp3) is 0.333. The summed E-state index contributed by atoms with van der Waals surface area (Å²) in [5, 5.41) is 0. The van der Waals surface area contributed by atoms with E-state index in [4.69, 9.17) is 10.6 Å². The van der Waals surface area contributed by atoms with Crippen molar-refractivity contribution in [1.82, 2.24) is 5.43 Å². The van der Waals surface area contributed by atoms with Crippen molar-refractivity contribution in [3.8, 4) is 5.75 Å². The highest BCUT2D eigenvalue weighted by molar-refractivity contribution is 9.10. The van der Waals surface area contributed by atoms with Gasteiger partial charge in [0.05, 0.1) is 7.11 Å². The molecular weight excluding hydrogens is 232 g/mol. The molecule has 0 aliphatic rings. The van der Waals surface area contributed by atoms with Gasteiger partial charge in [-0.1, -0.05) is 15.9 Å².